The molecule has 0 aliphatic carbocycles. The molecule has 4 aromatic rings. The largest absolute Gasteiger partial charge is 0.460 e. The first-order valence-corrected chi connectivity index (χ1v) is 12.0. The summed E-state index contributed by atoms with van der Waals surface area (Å²) in [5, 5.41) is 0.700. The molecule has 186 valence electrons. The molecular weight excluding hydrogens is 494 g/mol. The van der Waals surface area contributed by atoms with Gasteiger partial charge in [-0.05, 0) is 53.6 Å². The number of hydrogen-bond donors (Lipinski definition) is 0. The molecule has 1 aliphatic heterocycles. The quantitative estimate of drug-likeness (QED) is 0.257. The number of likely N-dealkylation sites (tertiary alicyclic amines) is 1. The predicted molar refractivity (Wildman–Crippen MR) is 131 cm³/mol. The van der Waals surface area contributed by atoms with E-state index in [0.717, 1.165) is 17.2 Å². The Morgan fingerprint density at radius 3 is 2.36 bits per heavy atom. The average molecular weight is 516 g/mol. The van der Waals surface area contributed by atoms with Crippen LogP contribution in [0.15, 0.2) is 59.0 Å². The van der Waals surface area contributed by atoms with Crippen LogP contribution in [0.3, 0.4) is 0 Å². The van der Waals surface area contributed by atoms with Crippen molar-refractivity contribution in [2.75, 3.05) is 13.1 Å². The maximum Gasteiger partial charge on any atom is 0.253 e. The number of nitrogens with zero attached hydrogens (tertiary/aromatic N) is 1. The molecule has 36 heavy (non-hydrogen) atoms. The van der Waals surface area contributed by atoms with Crippen molar-refractivity contribution in [3.05, 3.63) is 82.6 Å². The Hall–Kier alpha value is -3.32. The Morgan fingerprint density at radius 2 is 1.69 bits per heavy atom. The van der Waals surface area contributed by atoms with Crippen LogP contribution >= 0.6 is 11.6 Å². The van der Waals surface area contributed by atoms with Gasteiger partial charge in [-0.2, -0.15) is 0 Å². The minimum absolute atomic E-state index is 0.0437. The number of furan rings is 1. The van der Waals surface area contributed by atoms with Crippen molar-refractivity contribution >= 4 is 28.5 Å². The number of carbonyl (C=O) groups is 1. The van der Waals surface area contributed by atoms with Crippen molar-refractivity contribution < 1.29 is 26.8 Å². The van der Waals surface area contributed by atoms with E-state index in [1.54, 1.807) is 18.2 Å². The molecule has 1 aliphatic rings. The van der Waals surface area contributed by atoms with Gasteiger partial charge < -0.3 is 9.32 Å². The summed E-state index contributed by atoms with van der Waals surface area (Å²) in [6.07, 6.45) is -0.152. The molecule has 0 radical (unpaired) electrons. The maximum absolute atomic E-state index is 15.3. The van der Waals surface area contributed by atoms with E-state index < -0.39 is 36.3 Å². The Labute approximate surface area is 210 Å². The van der Waals surface area contributed by atoms with Gasteiger partial charge in [-0.15, -0.1) is 0 Å². The van der Waals surface area contributed by atoms with Gasteiger partial charge in [0.1, 0.15) is 23.0 Å². The summed E-state index contributed by atoms with van der Waals surface area (Å²) in [6, 6.07) is 13.9. The summed E-state index contributed by atoms with van der Waals surface area (Å²) in [7, 11) is 0. The van der Waals surface area contributed by atoms with Gasteiger partial charge in [0.25, 0.3) is 11.8 Å². The number of benzene rings is 3. The highest BCUT2D eigenvalue weighted by Crippen LogP contribution is 2.38. The second-order valence-corrected chi connectivity index (χ2v) is 9.39. The topological polar surface area (TPSA) is 33.5 Å². The van der Waals surface area contributed by atoms with Gasteiger partial charge in [-0.25, -0.2) is 17.6 Å². The van der Waals surface area contributed by atoms with Crippen LogP contribution in [-0.4, -0.2) is 29.8 Å². The van der Waals surface area contributed by atoms with Crippen LogP contribution in [0.4, 0.5) is 17.6 Å². The number of rotatable bonds is 4. The number of alkyl halides is 2. The van der Waals surface area contributed by atoms with E-state index >= 15 is 4.39 Å². The number of halogens is 5. The van der Waals surface area contributed by atoms with Crippen molar-refractivity contribution in [3.8, 4) is 22.3 Å². The van der Waals surface area contributed by atoms with Crippen molar-refractivity contribution in [3.63, 3.8) is 0 Å². The molecule has 0 bridgehead atoms. The molecule has 0 unspecified atom stereocenters. The SMILES string of the molecule is CCc1cc2cc(-c3ccc(C(=O)N4CCC(F)(F)CC4)cc3F)cc(-c3ccc(F)c(Cl)c3)c2o1. The van der Waals surface area contributed by atoms with Crippen LogP contribution in [0, 0.1) is 11.6 Å². The van der Waals surface area contributed by atoms with Gasteiger partial charge >= 0.3 is 0 Å². The monoisotopic (exact) mass is 515 g/mol. The van der Waals surface area contributed by atoms with Gasteiger partial charge in [-0.3, -0.25) is 4.79 Å². The summed E-state index contributed by atoms with van der Waals surface area (Å²) in [5.41, 5.74) is 2.71. The van der Waals surface area contributed by atoms with E-state index in [1.165, 1.54) is 29.2 Å². The molecule has 8 heteroatoms. The second-order valence-electron chi connectivity index (χ2n) is 8.98. The third kappa shape index (κ3) is 4.60. The lowest BCUT2D eigenvalue weighted by molar-refractivity contribution is -0.0494. The molecule has 1 fully saturated rings. The normalized spacial score (nSPS) is 15.4. The predicted octanol–water partition coefficient (Wildman–Crippen LogP) is 8.13. The molecule has 1 aromatic heterocycles. The van der Waals surface area contributed by atoms with Crippen LogP contribution in [0.25, 0.3) is 33.2 Å². The molecule has 3 nitrogen and oxygen atoms in total. The van der Waals surface area contributed by atoms with Crippen LogP contribution in [0.2, 0.25) is 5.02 Å². The second kappa shape index (κ2) is 9.28. The van der Waals surface area contributed by atoms with Crippen molar-refractivity contribution in [1.29, 1.82) is 0 Å². The van der Waals surface area contributed by atoms with E-state index in [-0.39, 0.29) is 29.2 Å². The average Bonchev–Trinajstić information content (AvgIpc) is 3.28. The number of amides is 1. The number of fused-ring (bicyclic) bond motifs is 1. The number of aryl methyl sites for hydroxylation is 1. The van der Waals surface area contributed by atoms with Crippen molar-refractivity contribution in [2.24, 2.45) is 0 Å². The van der Waals surface area contributed by atoms with E-state index in [9.17, 15) is 18.0 Å². The number of carbonyl (C=O) groups excluding carboxylic acids is 1. The fraction of sp³-hybridized carbons (Fsp3) is 0.250. The number of piperidine rings is 1. The highest BCUT2D eigenvalue weighted by Gasteiger charge is 2.35. The van der Waals surface area contributed by atoms with Gasteiger partial charge in [-0.1, -0.05) is 30.7 Å². The molecule has 2 heterocycles. The molecule has 0 saturated carbocycles. The summed E-state index contributed by atoms with van der Waals surface area (Å²) in [5.74, 6) is -3.68. The third-order valence-corrected chi connectivity index (χ3v) is 6.85. The molecule has 1 saturated heterocycles. The lowest BCUT2D eigenvalue weighted by Gasteiger charge is -2.31. The van der Waals surface area contributed by atoms with Gasteiger partial charge in [0.2, 0.25) is 0 Å². The molecule has 5 rings (SSSR count). The third-order valence-electron chi connectivity index (χ3n) is 6.56. The first-order valence-electron chi connectivity index (χ1n) is 11.6. The smallest absolute Gasteiger partial charge is 0.253 e. The van der Waals surface area contributed by atoms with Crippen LogP contribution in [0.5, 0.6) is 0 Å². The Balaban J connectivity index is 1.54. The molecule has 0 spiro atoms. The van der Waals surface area contributed by atoms with Crippen LogP contribution in [0.1, 0.15) is 35.9 Å². The van der Waals surface area contributed by atoms with Gasteiger partial charge in [0.15, 0.2) is 0 Å². The molecule has 1 amide bonds. The lowest BCUT2D eigenvalue weighted by Crippen LogP contribution is -2.42. The summed E-state index contributed by atoms with van der Waals surface area (Å²) >= 11 is 6.01. The van der Waals surface area contributed by atoms with E-state index in [4.69, 9.17) is 16.0 Å². The number of hydrogen-bond acceptors (Lipinski definition) is 2. The van der Waals surface area contributed by atoms with E-state index in [1.807, 2.05) is 13.0 Å². The highest BCUT2D eigenvalue weighted by atomic mass is 35.5. The molecule has 0 atom stereocenters. The fourth-order valence-corrected chi connectivity index (χ4v) is 4.70. The first kappa shape index (κ1) is 24.4. The minimum Gasteiger partial charge on any atom is -0.460 e. The summed E-state index contributed by atoms with van der Waals surface area (Å²) in [4.78, 5) is 14.1. The Bertz CT molecular complexity index is 1470. The minimum atomic E-state index is -2.78. The zero-order valence-electron chi connectivity index (χ0n) is 19.4. The lowest BCUT2D eigenvalue weighted by atomic mass is 9.95. The van der Waals surface area contributed by atoms with Crippen molar-refractivity contribution in [2.45, 2.75) is 32.1 Å². The van der Waals surface area contributed by atoms with Crippen molar-refractivity contribution in [1.82, 2.24) is 4.90 Å². The van der Waals surface area contributed by atoms with E-state index in [0.29, 0.717) is 28.7 Å². The first-order chi connectivity index (χ1) is 17.1. The highest BCUT2D eigenvalue weighted by molar-refractivity contribution is 6.31. The standard InChI is InChI=1S/C28H22ClF4NO2/c1-2-20-12-19-11-18(13-22(26(19)36-20)16-4-6-24(30)23(29)14-16)21-5-3-17(15-25(21)31)27(35)34-9-7-28(32,33)8-10-34/h3-6,11-15H,2,7-10H2,1H3. The summed E-state index contributed by atoms with van der Waals surface area (Å²) in [6.45, 7) is 1.80. The maximum atomic E-state index is 15.3. The summed E-state index contributed by atoms with van der Waals surface area (Å²) < 4.78 is 62.0. The Kier molecular flexibility index (Phi) is 6.29. The zero-order chi connectivity index (χ0) is 25.6. The zero-order valence-corrected chi connectivity index (χ0v) is 20.1. The van der Waals surface area contributed by atoms with Gasteiger partial charge in [0.05, 0.1) is 5.02 Å². The van der Waals surface area contributed by atoms with E-state index in [2.05, 4.69) is 0 Å². The molecule has 0 N–H and O–H groups in total. The van der Waals surface area contributed by atoms with Gasteiger partial charge in [0, 0.05) is 54.4 Å². The molecular formula is C28H22ClF4NO2. The van der Waals surface area contributed by atoms with Crippen LogP contribution in [-0.2, 0) is 6.42 Å². The fourth-order valence-electron chi connectivity index (χ4n) is 4.52. The van der Waals surface area contributed by atoms with Crippen LogP contribution < -0.4 is 0 Å². The molecule has 3 aromatic carbocycles. The Morgan fingerprint density at radius 1 is 0.944 bits per heavy atom.